The lowest BCUT2D eigenvalue weighted by atomic mass is 9.93. The third-order valence-corrected chi connectivity index (χ3v) is 11.5. The Morgan fingerprint density at radius 2 is 1.71 bits per heavy atom. The number of aromatic nitrogens is 1. The van der Waals surface area contributed by atoms with Crippen LogP contribution in [0.25, 0.3) is 44.4 Å². The molecule has 48 heavy (non-hydrogen) atoms. The summed E-state index contributed by atoms with van der Waals surface area (Å²) in [5.74, 6) is -1.02. The number of nitrogens with zero attached hydrogens (tertiary/aromatic N) is 1. The van der Waals surface area contributed by atoms with Gasteiger partial charge in [0.25, 0.3) is 16.4 Å². The van der Waals surface area contributed by atoms with E-state index >= 15 is 4.39 Å². The van der Waals surface area contributed by atoms with Crippen molar-refractivity contribution < 1.29 is 35.9 Å². The first-order valence-corrected chi connectivity index (χ1v) is 17.4. The van der Waals surface area contributed by atoms with Gasteiger partial charge in [-0.3, -0.25) is 0 Å². The van der Waals surface area contributed by atoms with E-state index < -0.39 is 28.2 Å². The first kappa shape index (κ1) is 32.1. The van der Waals surface area contributed by atoms with Gasteiger partial charge in [0.1, 0.15) is 5.82 Å². The third kappa shape index (κ3) is 5.50. The molecular weight excluding hydrogens is 683 g/mol. The highest BCUT2D eigenvalue weighted by atomic mass is 35.5. The molecule has 0 N–H and O–H groups in total. The van der Waals surface area contributed by atoms with Crippen LogP contribution in [0.2, 0.25) is 5.02 Å². The van der Waals surface area contributed by atoms with Crippen LogP contribution < -0.4 is 0 Å². The fourth-order valence-corrected chi connectivity index (χ4v) is 8.78. The minimum absolute atomic E-state index is 0.0803. The Labute approximate surface area is 283 Å². The number of methoxy groups -OCH3 is 1. The zero-order valence-corrected chi connectivity index (χ0v) is 27.5. The summed E-state index contributed by atoms with van der Waals surface area (Å²) >= 11 is 8.15. The maximum absolute atomic E-state index is 15.0. The second kappa shape index (κ2) is 12.6. The van der Waals surface area contributed by atoms with Crippen LogP contribution in [0.3, 0.4) is 0 Å². The van der Waals surface area contributed by atoms with Gasteiger partial charge in [0.15, 0.2) is 0 Å². The Bertz CT molecular complexity index is 2310. The molecule has 6 nitrogen and oxygen atoms in total. The number of fused-ring (bicyclic) bond motifs is 1. The van der Waals surface area contributed by atoms with Crippen molar-refractivity contribution in [1.82, 2.24) is 3.97 Å². The van der Waals surface area contributed by atoms with Crippen LogP contribution in [0, 0.1) is 5.82 Å². The highest BCUT2D eigenvalue weighted by Gasteiger charge is 2.33. The van der Waals surface area contributed by atoms with Crippen LogP contribution in [0.1, 0.15) is 33.1 Å². The molecule has 0 unspecified atom stereocenters. The first-order chi connectivity index (χ1) is 23.1. The summed E-state index contributed by atoms with van der Waals surface area (Å²) in [6.07, 6.45) is -2.77. The van der Waals surface area contributed by atoms with Crippen molar-refractivity contribution in [3.63, 3.8) is 0 Å². The molecule has 1 aliphatic rings. The van der Waals surface area contributed by atoms with E-state index in [-0.39, 0.29) is 38.2 Å². The van der Waals surface area contributed by atoms with Gasteiger partial charge in [-0.25, -0.2) is 30.4 Å². The predicted octanol–water partition coefficient (Wildman–Crippen LogP) is 9.57. The number of hydrogen-bond donors (Lipinski definition) is 0. The first-order valence-electron chi connectivity index (χ1n) is 14.7. The molecule has 0 amide bonds. The predicted molar refractivity (Wildman–Crippen MR) is 180 cm³/mol. The average Bonchev–Trinajstić information content (AvgIpc) is 3.66. The van der Waals surface area contributed by atoms with Gasteiger partial charge in [-0.05, 0) is 71.1 Å². The van der Waals surface area contributed by atoms with Gasteiger partial charge in [0, 0.05) is 43.5 Å². The van der Waals surface area contributed by atoms with Crippen molar-refractivity contribution in [3.05, 3.63) is 123 Å². The third-order valence-electron chi connectivity index (χ3n) is 8.37. The number of halogens is 4. The van der Waals surface area contributed by atoms with Gasteiger partial charge in [-0.2, -0.15) is 0 Å². The van der Waals surface area contributed by atoms with Crippen molar-refractivity contribution >= 4 is 49.8 Å². The molecule has 1 fully saturated rings. The Morgan fingerprint density at radius 3 is 2.38 bits per heavy atom. The van der Waals surface area contributed by atoms with E-state index in [9.17, 15) is 22.0 Å². The Balaban J connectivity index is 1.53. The second-order valence-electron chi connectivity index (χ2n) is 11.2. The molecule has 3 heterocycles. The van der Waals surface area contributed by atoms with Crippen LogP contribution in [0.5, 0.6) is 0 Å². The van der Waals surface area contributed by atoms with Crippen molar-refractivity contribution in [1.29, 1.82) is 0 Å². The summed E-state index contributed by atoms with van der Waals surface area (Å²) in [7, 11) is -3.18. The SMILES string of the molecule is COC(=O)c1ccc(-c2cccc(-c3c(-c4ccsc4C4COC4)c4cc(F)ccc4n3S(=O)(=O)c3ccc(C(F)F)cc3)c2)c(Cl)c1. The highest BCUT2D eigenvalue weighted by molar-refractivity contribution is 7.90. The molecule has 0 saturated carbocycles. The summed E-state index contributed by atoms with van der Waals surface area (Å²) in [6, 6.07) is 22.1. The lowest BCUT2D eigenvalue weighted by Crippen LogP contribution is -2.24. The summed E-state index contributed by atoms with van der Waals surface area (Å²) in [4.78, 5) is 12.9. The number of carbonyl (C=O) groups is 1. The number of benzene rings is 4. The molecule has 4 aromatic carbocycles. The molecule has 2 aromatic heterocycles. The number of ether oxygens (including phenoxy) is 2. The van der Waals surface area contributed by atoms with E-state index in [4.69, 9.17) is 21.1 Å². The average molecular weight is 708 g/mol. The van der Waals surface area contributed by atoms with Gasteiger partial charge < -0.3 is 9.47 Å². The molecule has 12 heteroatoms. The summed E-state index contributed by atoms with van der Waals surface area (Å²) in [5.41, 5.74) is 3.35. The van der Waals surface area contributed by atoms with Crippen molar-refractivity contribution in [2.75, 3.05) is 20.3 Å². The van der Waals surface area contributed by atoms with Crippen LogP contribution in [-0.2, 0) is 19.5 Å². The number of hydrogen-bond acceptors (Lipinski definition) is 6. The highest BCUT2D eigenvalue weighted by Crippen LogP contribution is 2.48. The maximum atomic E-state index is 15.0. The summed E-state index contributed by atoms with van der Waals surface area (Å²) in [5, 5.41) is 2.55. The molecule has 0 aliphatic carbocycles. The topological polar surface area (TPSA) is 74.6 Å². The summed E-state index contributed by atoms with van der Waals surface area (Å²) < 4.78 is 82.5. The smallest absolute Gasteiger partial charge is 0.337 e. The normalized spacial score (nSPS) is 13.6. The van der Waals surface area contributed by atoms with Gasteiger partial charge in [0.05, 0.1) is 42.0 Å². The van der Waals surface area contributed by atoms with Gasteiger partial charge in [-0.15, -0.1) is 11.3 Å². The van der Waals surface area contributed by atoms with Gasteiger partial charge >= 0.3 is 5.97 Å². The largest absolute Gasteiger partial charge is 0.465 e. The number of esters is 1. The van der Waals surface area contributed by atoms with Crippen molar-refractivity contribution in [3.8, 4) is 33.5 Å². The number of thiophene rings is 1. The molecule has 0 bridgehead atoms. The van der Waals surface area contributed by atoms with Crippen molar-refractivity contribution in [2.45, 2.75) is 17.2 Å². The van der Waals surface area contributed by atoms with Crippen LogP contribution >= 0.6 is 22.9 Å². The molecule has 0 atom stereocenters. The zero-order valence-electron chi connectivity index (χ0n) is 25.1. The lowest BCUT2D eigenvalue weighted by Gasteiger charge is -2.26. The molecular formula is C36H25ClF3NO5S2. The van der Waals surface area contributed by atoms with E-state index in [1.165, 1.54) is 42.7 Å². The lowest BCUT2D eigenvalue weighted by molar-refractivity contribution is 0.0101. The fourth-order valence-electron chi connectivity index (χ4n) is 5.97. The maximum Gasteiger partial charge on any atom is 0.337 e. The monoisotopic (exact) mass is 707 g/mol. The molecule has 1 saturated heterocycles. The number of alkyl halides is 2. The Hall–Kier alpha value is -4.42. The van der Waals surface area contributed by atoms with E-state index in [0.29, 0.717) is 40.9 Å². The molecule has 6 aromatic rings. The number of carbonyl (C=O) groups excluding carboxylic acids is 1. The molecule has 7 rings (SSSR count). The van der Waals surface area contributed by atoms with E-state index in [1.54, 1.807) is 36.4 Å². The quantitative estimate of drug-likeness (QED) is 0.147. The Kier molecular flexibility index (Phi) is 8.41. The number of rotatable bonds is 8. The minimum Gasteiger partial charge on any atom is -0.465 e. The van der Waals surface area contributed by atoms with E-state index in [0.717, 1.165) is 38.7 Å². The van der Waals surface area contributed by atoms with E-state index in [2.05, 4.69) is 0 Å². The summed E-state index contributed by atoms with van der Waals surface area (Å²) in [6.45, 7) is 1.00. The zero-order chi connectivity index (χ0) is 33.7. The Morgan fingerprint density at radius 1 is 0.958 bits per heavy atom. The molecule has 0 radical (unpaired) electrons. The van der Waals surface area contributed by atoms with Crippen LogP contribution in [-0.4, -0.2) is 38.7 Å². The molecule has 1 aliphatic heterocycles. The van der Waals surface area contributed by atoms with Crippen molar-refractivity contribution in [2.24, 2.45) is 0 Å². The molecule has 244 valence electrons. The van der Waals surface area contributed by atoms with Gasteiger partial charge in [0.2, 0.25) is 0 Å². The second-order valence-corrected chi connectivity index (χ2v) is 14.4. The van der Waals surface area contributed by atoms with E-state index in [1.807, 2.05) is 11.4 Å². The van der Waals surface area contributed by atoms with Crippen LogP contribution in [0.4, 0.5) is 13.2 Å². The minimum atomic E-state index is -4.45. The molecule has 0 spiro atoms. The fraction of sp³-hybridized carbons (Fsp3) is 0.139. The van der Waals surface area contributed by atoms with Crippen LogP contribution in [0.15, 0.2) is 101 Å². The standard InChI is InChI=1S/C36H25ClF3NO5S2/c1-45-36(42)23-7-11-27(30(37)16-23)21-3-2-4-22(15-21)33-32(28-13-14-47-34(28)24-18-46-19-24)29-17-25(38)8-12-31(29)41(33)48(43,44)26-9-5-20(6-10-26)35(39)40/h2-17,24,35H,18-19H2,1H3. The van der Waals surface area contributed by atoms with Gasteiger partial charge in [-0.1, -0.05) is 48.0 Å².